The number of nitrogens with zero attached hydrogens (tertiary/aromatic N) is 5. The summed E-state index contributed by atoms with van der Waals surface area (Å²) in [4.78, 5) is 29.0. The van der Waals surface area contributed by atoms with E-state index in [0.717, 1.165) is 30.5 Å². The van der Waals surface area contributed by atoms with Crippen LogP contribution < -0.4 is 0 Å². The van der Waals surface area contributed by atoms with Gasteiger partial charge in [0.2, 0.25) is 0 Å². The lowest BCUT2D eigenvalue weighted by Crippen LogP contribution is -2.11. The summed E-state index contributed by atoms with van der Waals surface area (Å²) in [7, 11) is 7.60. The average Bonchev–Trinajstić information content (AvgIpc) is 2.56. The number of hydrogen-bond donors (Lipinski definition) is 0. The molecule has 1 aliphatic carbocycles. The van der Waals surface area contributed by atoms with E-state index in [1.54, 1.807) is 12.5 Å². The van der Waals surface area contributed by atoms with Gasteiger partial charge >= 0.3 is 0 Å². The highest BCUT2D eigenvalue weighted by molar-refractivity contribution is 6.09. The van der Waals surface area contributed by atoms with E-state index in [0.29, 0.717) is 11.5 Å². The van der Waals surface area contributed by atoms with Crippen LogP contribution in [-0.4, -0.2) is 60.1 Å². The van der Waals surface area contributed by atoms with Crippen LogP contribution in [0.1, 0.15) is 28.9 Å². The minimum Gasteiger partial charge on any atom is -0.383 e. The molecule has 2 rings (SSSR count). The number of aliphatic imine (C=N–C) groups is 1. The predicted octanol–water partition coefficient (Wildman–Crippen LogP) is 1.66. The molecular formula is C15H21N5O. The number of fused-ring (bicyclic) bond motifs is 1. The van der Waals surface area contributed by atoms with E-state index >= 15 is 0 Å². The van der Waals surface area contributed by atoms with Crippen molar-refractivity contribution in [3.05, 3.63) is 29.2 Å². The smallest absolute Gasteiger partial charge is 0.250 e. The molecular weight excluding hydrogens is 266 g/mol. The lowest BCUT2D eigenvalue weighted by molar-refractivity contribution is 0.102. The van der Waals surface area contributed by atoms with E-state index in [1.165, 1.54) is 0 Å². The molecule has 1 heterocycles. The molecule has 6 heteroatoms. The topological polar surface area (TPSA) is 61.7 Å². The zero-order chi connectivity index (χ0) is 15.4. The van der Waals surface area contributed by atoms with E-state index in [4.69, 9.17) is 0 Å². The van der Waals surface area contributed by atoms with E-state index < -0.39 is 0 Å². The van der Waals surface area contributed by atoms with Crippen LogP contribution in [0.4, 0.5) is 5.95 Å². The molecule has 0 radical (unpaired) electrons. The maximum absolute atomic E-state index is 12.5. The van der Waals surface area contributed by atoms with Crippen molar-refractivity contribution in [2.75, 3.05) is 28.2 Å². The fourth-order valence-corrected chi connectivity index (χ4v) is 2.18. The van der Waals surface area contributed by atoms with Crippen LogP contribution in [0, 0.1) is 0 Å². The Morgan fingerprint density at radius 1 is 1.19 bits per heavy atom. The van der Waals surface area contributed by atoms with Gasteiger partial charge in [0.15, 0.2) is 5.78 Å². The second-order valence-corrected chi connectivity index (χ2v) is 5.54. The number of Topliss-reactive ketones (excluding diaryl/α,β-unsaturated/α-hetero) is 1. The highest BCUT2D eigenvalue weighted by Gasteiger charge is 2.22. The molecule has 0 saturated carbocycles. The van der Waals surface area contributed by atoms with Gasteiger partial charge < -0.3 is 9.80 Å². The number of carbonyl (C=O) groups excluding carboxylic acids is 1. The number of rotatable bonds is 3. The first kappa shape index (κ1) is 15.2. The van der Waals surface area contributed by atoms with Gasteiger partial charge in [0.05, 0.1) is 17.6 Å². The molecule has 0 saturated heterocycles. The Balaban J connectivity index is 2.34. The Labute approximate surface area is 125 Å². The third kappa shape index (κ3) is 3.87. The number of hydrogen-bond acceptors (Lipinski definition) is 5. The van der Waals surface area contributed by atoms with Crippen LogP contribution in [0.3, 0.4) is 0 Å². The molecule has 112 valence electrons. The number of carbonyl (C=O) groups is 1. The van der Waals surface area contributed by atoms with Gasteiger partial charge in [0.1, 0.15) is 0 Å². The van der Waals surface area contributed by atoms with Crippen molar-refractivity contribution < 1.29 is 4.79 Å². The summed E-state index contributed by atoms with van der Waals surface area (Å²) >= 11 is 0. The zero-order valence-electron chi connectivity index (χ0n) is 13.0. The van der Waals surface area contributed by atoms with Gasteiger partial charge in [-0.25, -0.2) is 15.0 Å². The van der Waals surface area contributed by atoms with Gasteiger partial charge in [0, 0.05) is 46.2 Å². The molecule has 0 spiro atoms. The van der Waals surface area contributed by atoms with Crippen molar-refractivity contribution in [1.82, 2.24) is 19.8 Å². The quantitative estimate of drug-likeness (QED) is 0.366. The normalized spacial score (nSPS) is 17.0. The first-order valence-corrected chi connectivity index (χ1v) is 6.95. The van der Waals surface area contributed by atoms with Gasteiger partial charge in [0.25, 0.3) is 5.95 Å². The molecule has 0 N–H and O–H groups in total. The summed E-state index contributed by atoms with van der Waals surface area (Å²) in [6, 6.07) is 0. The summed E-state index contributed by atoms with van der Waals surface area (Å²) in [5, 5.41) is 0. The fourth-order valence-electron chi connectivity index (χ4n) is 2.18. The molecule has 0 fully saturated rings. The lowest BCUT2D eigenvalue weighted by Gasteiger charge is -2.09. The summed E-state index contributed by atoms with van der Waals surface area (Å²) in [5.74, 6) is 0.426. The second kappa shape index (κ2) is 6.47. The predicted molar refractivity (Wildman–Crippen MR) is 82.9 cm³/mol. The molecule has 0 bridgehead atoms. The van der Waals surface area contributed by atoms with Crippen molar-refractivity contribution in [1.29, 1.82) is 0 Å². The van der Waals surface area contributed by atoms with E-state index in [-0.39, 0.29) is 5.78 Å². The summed E-state index contributed by atoms with van der Waals surface area (Å²) < 4.78 is 0. The van der Waals surface area contributed by atoms with E-state index in [2.05, 4.69) is 15.0 Å². The standard InChI is InChI=1S/C15H21N5O/c1-19(2)9-11-6-5-7-13-12(14(11)21)8-16-15(18-13)17-10-20(3)4/h8-10H,5-7H2,1-4H3/b11-9-,17-10+. The van der Waals surface area contributed by atoms with Crippen LogP contribution in [0.5, 0.6) is 0 Å². The summed E-state index contributed by atoms with van der Waals surface area (Å²) in [5.41, 5.74) is 2.21. The van der Waals surface area contributed by atoms with Crippen LogP contribution in [0.25, 0.3) is 0 Å². The molecule has 6 nitrogen and oxygen atoms in total. The van der Waals surface area contributed by atoms with Crippen molar-refractivity contribution in [2.24, 2.45) is 4.99 Å². The highest BCUT2D eigenvalue weighted by Crippen LogP contribution is 2.24. The van der Waals surface area contributed by atoms with Crippen LogP contribution in [0.2, 0.25) is 0 Å². The molecule has 0 unspecified atom stereocenters. The minimum atomic E-state index is 0.0272. The molecule has 0 atom stereocenters. The van der Waals surface area contributed by atoms with Crippen LogP contribution in [-0.2, 0) is 6.42 Å². The largest absolute Gasteiger partial charge is 0.383 e. The Hall–Kier alpha value is -2.24. The van der Waals surface area contributed by atoms with Gasteiger partial charge in [-0.3, -0.25) is 4.79 Å². The average molecular weight is 287 g/mol. The third-order valence-corrected chi connectivity index (χ3v) is 3.07. The molecule has 1 aliphatic rings. The van der Waals surface area contributed by atoms with Gasteiger partial charge in [-0.05, 0) is 19.3 Å². The molecule has 1 aromatic rings. The maximum Gasteiger partial charge on any atom is 0.250 e. The molecule has 21 heavy (non-hydrogen) atoms. The van der Waals surface area contributed by atoms with Crippen molar-refractivity contribution >= 4 is 18.1 Å². The number of allylic oxidation sites excluding steroid dienone is 1. The molecule has 1 aromatic heterocycles. The second-order valence-electron chi connectivity index (χ2n) is 5.54. The lowest BCUT2D eigenvalue weighted by atomic mass is 10.1. The van der Waals surface area contributed by atoms with Crippen LogP contribution in [0.15, 0.2) is 23.0 Å². The van der Waals surface area contributed by atoms with Crippen molar-refractivity contribution in [2.45, 2.75) is 19.3 Å². The Kier molecular flexibility index (Phi) is 4.67. The van der Waals surface area contributed by atoms with Gasteiger partial charge in [-0.2, -0.15) is 0 Å². The maximum atomic E-state index is 12.5. The Bertz CT molecular complexity index is 590. The summed E-state index contributed by atoms with van der Waals surface area (Å²) in [6.07, 6.45) is 7.59. The molecule has 0 aromatic carbocycles. The van der Waals surface area contributed by atoms with Crippen molar-refractivity contribution in [3.8, 4) is 0 Å². The SMILES string of the molecule is CN(C)/C=C1/CCCc2nc(/N=C/N(C)C)ncc2C1=O. The van der Waals surface area contributed by atoms with Gasteiger partial charge in [-0.1, -0.05) is 0 Å². The number of aryl methyl sites for hydroxylation is 1. The zero-order valence-corrected chi connectivity index (χ0v) is 13.0. The molecule has 0 aliphatic heterocycles. The minimum absolute atomic E-state index is 0.0272. The Morgan fingerprint density at radius 3 is 2.62 bits per heavy atom. The van der Waals surface area contributed by atoms with Gasteiger partial charge in [-0.15, -0.1) is 0 Å². The first-order valence-electron chi connectivity index (χ1n) is 6.95. The van der Waals surface area contributed by atoms with E-state index in [9.17, 15) is 4.79 Å². The summed E-state index contributed by atoms with van der Waals surface area (Å²) in [6.45, 7) is 0. The van der Waals surface area contributed by atoms with Crippen LogP contribution >= 0.6 is 0 Å². The Morgan fingerprint density at radius 2 is 1.95 bits per heavy atom. The molecule has 0 amide bonds. The number of ketones is 1. The monoisotopic (exact) mass is 287 g/mol. The number of aromatic nitrogens is 2. The highest BCUT2D eigenvalue weighted by atomic mass is 16.1. The third-order valence-electron chi connectivity index (χ3n) is 3.07. The first-order chi connectivity index (χ1) is 9.97. The van der Waals surface area contributed by atoms with E-state index in [1.807, 2.05) is 44.2 Å². The fraction of sp³-hybridized carbons (Fsp3) is 0.467. The van der Waals surface area contributed by atoms with Crippen molar-refractivity contribution in [3.63, 3.8) is 0 Å².